The third kappa shape index (κ3) is 3.16. The lowest BCUT2D eigenvalue weighted by molar-refractivity contribution is 0.0694. The number of aromatic carboxylic acids is 1. The maximum atomic E-state index is 12.9. The molecule has 0 radical (unpaired) electrons. The minimum absolute atomic E-state index is 0.0780. The van der Waals surface area contributed by atoms with Gasteiger partial charge in [-0.2, -0.15) is 0 Å². The number of aromatic nitrogens is 1. The first kappa shape index (κ1) is 16.9. The van der Waals surface area contributed by atoms with Gasteiger partial charge in [-0.25, -0.2) is 13.6 Å². The second kappa shape index (κ2) is 6.32. The minimum Gasteiger partial charge on any atom is -0.477 e. The lowest BCUT2D eigenvalue weighted by Crippen LogP contribution is -2.23. The fraction of sp³-hybridized carbons (Fsp3) is 0.294. The Kier molecular flexibility index (Phi) is 4.63. The van der Waals surface area contributed by atoms with Gasteiger partial charge in [0, 0.05) is 29.1 Å². The van der Waals surface area contributed by atoms with Crippen molar-refractivity contribution in [3.63, 3.8) is 0 Å². The molecule has 0 aliphatic carbocycles. The van der Waals surface area contributed by atoms with E-state index in [1.807, 2.05) is 13.8 Å². The van der Waals surface area contributed by atoms with Crippen LogP contribution in [0.2, 0.25) is 0 Å². The van der Waals surface area contributed by atoms with E-state index in [1.165, 1.54) is 30.5 Å². The molecule has 6 heteroatoms. The number of carboxylic acids is 1. The number of carbonyl (C=O) groups is 1. The maximum Gasteiger partial charge on any atom is 0.341 e. The average Bonchev–Trinajstić information content (AvgIpc) is 2.46. The number of nitrogens with zero attached hydrogens (tertiary/aromatic N) is 1. The van der Waals surface area contributed by atoms with E-state index in [1.54, 1.807) is 11.5 Å². The Morgan fingerprint density at radius 1 is 1.26 bits per heavy atom. The Morgan fingerprint density at radius 2 is 1.91 bits per heavy atom. The number of carboxylic acid groups (broad SMARTS) is 1. The van der Waals surface area contributed by atoms with Gasteiger partial charge in [-0.05, 0) is 32.4 Å². The molecule has 23 heavy (non-hydrogen) atoms. The molecule has 1 N–H and O–H groups in total. The number of pyridine rings is 1. The Labute approximate surface area is 132 Å². The van der Waals surface area contributed by atoms with Gasteiger partial charge in [0.15, 0.2) is 0 Å². The van der Waals surface area contributed by atoms with Crippen LogP contribution in [0, 0.1) is 6.92 Å². The predicted octanol–water partition coefficient (Wildman–Crippen LogP) is 4.04. The molecule has 0 atom stereocenters. The minimum atomic E-state index is -2.66. The molecule has 0 fully saturated rings. The van der Waals surface area contributed by atoms with Crippen LogP contribution in [0.3, 0.4) is 0 Å². The molecule has 1 aromatic carbocycles. The molecule has 4 nitrogen and oxygen atoms in total. The zero-order valence-electron chi connectivity index (χ0n) is 13.0. The van der Waals surface area contributed by atoms with Crippen LogP contribution in [0.1, 0.15) is 47.9 Å². The van der Waals surface area contributed by atoms with Crippen molar-refractivity contribution in [2.75, 3.05) is 0 Å². The molecule has 122 valence electrons. The summed E-state index contributed by atoms with van der Waals surface area (Å²) in [6, 6.07) is 5.39. The van der Waals surface area contributed by atoms with Gasteiger partial charge >= 0.3 is 5.97 Å². The lowest BCUT2D eigenvalue weighted by atomic mass is 9.99. The summed E-state index contributed by atoms with van der Waals surface area (Å²) in [4.78, 5) is 23.8. The second-order valence-electron chi connectivity index (χ2n) is 5.56. The fourth-order valence-corrected chi connectivity index (χ4v) is 2.58. The van der Waals surface area contributed by atoms with Gasteiger partial charge in [0.1, 0.15) is 5.56 Å². The van der Waals surface area contributed by atoms with Crippen molar-refractivity contribution in [2.45, 2.75) is 33.2 Å². The Hall–Kier alpha value is -2.50. The first-order valence-corrected chi connectivity index (χ1v) is 7.11. The van der Waals surface area contributed by atoms with Crippen LogP contribution < -0.4 is 5.43 Å². The summed E-state index contributed by atoms with van der Waals surface area (Å²) in [5.41, 5.74) is -0.275. The molecule has 0 unspecified atom stereocenters. The van der Waals surface area contributed by atoms with Crippen LogP contribution in [0.25, 0.3) is 11.1 Å². The monoisotopic (exact) mass is 321 g/mol. The summed E-state index contributed by atoms with van der Waals surface area (Å²) in [5, 5.41) is 9.24. The molecular formula is C17H17F2NO3. The summed E-state index contributed by atoms with van der Waals surface area (Å²) in [7, 11) is 0. The molecule has 0 saturated heterocycles. The molecule has 0 saturated carbocycles. The molecule has 0 aliphatic heterocycles. The highest BCUT2D eigenvalue weighted by molar-refractivity contribution is 5.89. The molecule has 2 aromatic rings. The first-order valence-electron chi connectivity index (χ1n) is 7.11. The second-order valence-corrected chi connectivity index (χ2v) is 5.56. The van der Waals surface area contributed by atoms with Gasteiger partial charge in [0.2, 0.25) is 5.43 Å². The summed E-state index contributed by atoms with van der Waals surface area (Å²) in [6.45, 7) is 5.38. The van der Waals surface area contributed by atoms with Crippen molar-refractivity contribution in [2.24, 2.45) is 0 Å². The maximum absolute atomic E-state index is 12.9. The highest BCUT2D eigenvalue weighted by Crippen LogP contribution is 2.27. The summed E-state index contributed by atoms with van der Waals surface area (Å²) >= 11 is 0. The Morgan fingerprint density at radius 3 is 2.43 bits per heavy atom. The normalized spacial score (nSPS) is 11.3. The van der Waals surface area contributed by atoms with Crippen LogP contribution in [0.4, 0.5) is 8.78 Å². The molecule has 0 bridgehead atoms. The number of benzene rings is 1. The highest BCUT2D eigenvalue weighted by Gasteiger charge is 2.20. The smallest absolute Gasteiger partial charge is 0.341 e. The largest absolute Gasteiger partial charge is 0.477 e. The lowest BCUT2D eigenvalue weighted by Gasteiger charge is -2.19. The average molecular weight is 321 g/mol. The quantitative estimate of drug-likeness (QED) is 0.924. The van der Waals surface area contributed by atoms with E-state index in [2.05, 4.69) is 0 Å². The predicted molar refractivity (Wildman–Crippen MR) is 83.2 cm³/mol. The van der Waals surface area contributed by atoms with Crippen LogP contribution >= 0.6 is 0 Å². The third-order valence-corrected chi connectivity index (χ3v) is 3.70. The van der Waals surface area contributed by atoms with Crippen molar-refractivity contribution in [1.82, 2.24) is 4.57 Å². The number of alkyl halides is 2. The van der Waals surface area contributed by atoms with E-state index >= 15 is 0 Å². The van der Waals surface area contributed by atoms with E-state index in [0.29, 0.717) is 11.3 Å². The van der Waals surface area contributed by atoms with Gasteiger partial charge in [0.25, 0.3) is 6.43 Å². The van der Waals surface area contributed by atoms with Crippen molar-refractivity contribution >= 4 is 5.97 Å². The summed E-state index contributed by atoms with van der Waals surface area (Å²) < 4.78 is 27.5. The SMILES string of the molecule is Cc1c(-c2cccc(C(F)F)c2)c(=O)c(C(=O)O)cn1C(C)C. The fourth-order valence-electron chi connectivity index (χ4n) is 2.58. The van der Waals surface area contributed by atoms with Gasteiger partial charge in [-0.15, -0.1) is 0 Å². The zero-order valence-corrected chi connectivity index (χ0v) is 13.0. The number of hydrogen-bond donors (Lipinski definition) is 1. The van der Waals surface area contributed by atoms with Gasteiger partial charge < -0.3 is 9.67 Å². The molecule has 1 aromatic heterocycles. The highest BCUT2D eigenvalue weighted by atomic mass is 19.3. The zero-order chi connectivity index (χ0) is 17.3. The van der Waals surface area contributed by atoms with Crippen molar-refractivity contribution in [3.8, 4) is 11.1 Å². The van der Waals surface area contributed by atoms with Crippen LogP contribution in [-0.4, -0.2) is 15.6 Å². The molecule has 0 spiro atoms. The number of halogens is 2. The van der Waals surface area contributed by atoms with E-state index in [4.69, 9.17) is 0 Å². The summed E-state index contributed by atoms with van der Waals surface area (Å²) in [5.74, 6) is -1.34. The number of hydrogen-bond acceptors (Lipinski definition) is 2. The molecule has 2 rings (SSSR count). The molecular weight excluding hydrogens is 304 g/mol. The van der Waals surface area contributed by atoms with Crippen molar-refractivity contribution < 1.29 is 18.7 Å². The van der Waals surface area contributed by atoms with Gasteiger partial charge in [0.05, 0.1) is 0 Å². The van der Waals surface area contributed by atoms with Gasteiger partial charge in [-0.1, -0.05) is 18.2 Å². The first-order chi connectivity index (χ1) is 10.7. The van der Waals surface area contributed by atoms with Crippen LogP contribution in [-0.2, 0) is 0 Å². The van der Waals surface area contributed by atoms with E-state index < -0.39 is 17.8 Å². The summed E-state index contributed by atoms with van der Waals surface area (Å²) in [6.07, 6.45) is -1.37. The van der Waals surface area contributed by atoms with Crippen LogP contribution in [0.15, 0.2) is 35.3 Å². The van der Waals surface area contributed by atoms with Gasteiger partial charge in [-0.3, -0.25) is 4.79 Å². The van der Waals surface area contributed by atoms with E-state index in [0.717, 1.165) is 0 Å². The van der Waals surface area contributed by atoms with E-state index in [-0.39, 0.29) is 22.7 Å². The Balaban J connectivity index is 2.83. The molecule has 0 aliphatic rings. The van der Waals surface area contributed by atoms with E-state index in [9.17, 15) is 23.5 Å². The van der Waals surface area contributed by atoms with Crippen molar-refractivity contribution in [1.29, 1.82) is 0 Å². The topological polar surface area (TPSA) is 59.3 Å². The molecule has 0 amide bonds. The molecule has 1 heterocycles. The number of rotatable bonds is 4. The standard InChI is InChI=1S/C17H17F2NO3/c1-9(2)20-8-13(17(22)23)15(21)14(10(20)3)11-5-4-6-12(7-11)16(18)19/h4-9,16H,1-3H3,(H,22,23). The Bertz CT molecular complexity index is 810. The third-order valence-electron chi connectivity index (χ3n) is 3.70. The van der Waals surface area contributed by atoms with Crippen LogP contribution in [0.5, 0.6) is 0 Å². The van der Waals surface area contributed by atoms with Crippen molar-refractivity contribution in [3.05, 3.63) is 57.5 Å².